The van der Waals surface area contributed by atoms with Crippen molar-refractivity contribution < 1.29 is 13.3 Å². The summed E-state index contributed by atoms with van der Waals surface area (Å²) < 4.78 is 20.7. The van der Waals surface area contributed by atoms with E-state index in [0.717, 1.165) is 49.4 Å². The SMILES string of the molecule is O=c1c2ccccc2oc2cc3c(=O)c4cc(-n5c6ccccc6c6c7c(ccc65)oc5ccccc57)ccc4oc3cc12. The van der Waals surface area contributed by atoms with Crippen molar-refractivity contribution in [1.29, 1.82) is 0 Å². The van der Waals surface area contributed by atoms with Gasteiger partial charge in [-0.05, 0) is 66.7 Å². The molecule has 0 bridgehead atoms. The van der Waals surface area contributed by atoms with Gasteiger partial charge in [0.1, 0.15) is 33.5 Å². The highest BCUT2D eigenvalue weighted by Crippen LogP contribution is 2.41. The molecule has 0 aliphatic heterocycles. The maximum absolute atomic E-state index is 14.0. The Kier molecular flexibility index (Phi) is 4.39. The summed E-state index contributed by atoms with van der Waals surface area (Å²) in [6, 6.07) is 36.5. The zero-order valence-corrected chi connectivity index (χ0v) is 23.0. The molecule has 0 aliphatic rings. The summed E-state index contributed by atoms with van der Waals surface area (Å²) in [6.07, 6.45) is 0. The van der Waals surface area contributed by atoms with Gasteiger partial charge in [0, 0.05) is 27.2 Å². The lowest BCUT2D eigenvalue weighted by Crippen LogP contribution is -2.06. The van der Waals surface area contributed by atoms with E-state index in [1.54, 1.807) is 30.3 Å². The second-order valence-corrected chi connectivity index (χ2v) is 11.2. The topological polar surface area (TPSA) is 78.5 Å². The van der Waals surface area contributed by atoms with Gasteiger partial charge in [0.25, 0.3) is 0 Å². The summed E-state index contributed by atoms with van der Waals surface area (Å²) in [6.45, 7) is 0. The van der Waals surface area contributed by atoms with Gasteiger partial charge in [-0.25, -0.2) is 0 Å². The van der Waals surface area contributed by atoms with Crippen LogP contribution in [0.4, 0.5) is 0 Å². The molecule has 0 atom stereocenters. The Hall–Kier alpha value is -6.14. The highest BCUT2D eigenvalue weighted by Gasteiger charge is 2.20. The van der Waals surface area contributed by atoms with E-state index in [1.807, 2.05) is 60.7 Å². The zero-order valence-electron chi connectivity index (χ0n) is 23.0. The van der Waals surface area contributed by atoms with Crippen LogP contribution in [0.1, 0.15) is 0 Å². The average molecular weight is 570 g/mol. The third kappa shape index (κ3) is 2.98. The molecule has 6 aromatic carbocycles. The Morgan fingerprint density at radius 2 is 0.932 bits per heavy atom. The smallest absolute Gasteiger partial charge is 0.200 e. The van der Waals surface area contributed by atoms with Crippen LogP contribution in [0.2, 0.25) is 0 Å². The van der Waals surface area contributed by atoms with E-state index in [-0.39, 0.29) is 10.9 Å². The lowest BCUT2D eigenvalue weighted by atomic mass is 10.1. The van der Waals surface area contributed by atoms with Crippen molar-refractivity contribution in [3.63, 3.8) is 0 Å². The molecular weight excluding hydrogens is 550 g/mol. The largest absolute Gasteiger partial charge is 0.456 e. The summed E-state index contributed by atoms with van der Waals surface area (Å²) in [5.41, 5.74) is 5.80. The first-order valence-corrected chi connectivity index (χ1v) is 14.3. The Balaban J connectivity index is 1.28. The van der Waals surface area contributed by atoms with Gasteiger partial charge in [0.15, 0.2) is 0 Å². The van der Waals surface area contributed by atoms with Crippen LogP contribution in [-0.2, 0) is 0 Å². The van der Waals surface area contributed by atoms with Crippen LogP contribution < -0.4 is 10.9 Å². The van der Waals surface area contributed by atoms with Gasteiger partial charge in [-0.15, -0.1) is 0 Å². The molecule has 0 radical (unpaired) electrons. The second kappa shape index (κ2) is 8.24. The van der Waals surface area contributed by atoms with Gasteiger partial charge in [0.05, 0.1) is 32.6 Å². The minimum absolute atomic E-state index is 0.160. The van der Waals surface area contributed by atoms with Crippen LogP contribution in [0.25, 0.3) is 93.3 Å². The number of hydrogen-bond donors (Lipinski definition) is 0. The first kappa shape index (κ1) is 23.4. The molecule has 0 saturated carbocycles. The lowest BCUT2D eigenvalue weighted by Gasteiger charge is -2.10. The molecule has 4 aromatic heterocycles. The monoisotopic (exact) mass is 569 g/mol. The highest BCUT2D eigenvalue weighted by atomic mass is 16.3. The Morgan fingerprint density at radius 3 is 1.70 bits per heavy atom. The molecule has 206 valence electrons. The minimum atomic E-state index is -0.190. The highest BCUT2D eigenvalue weighted by molar-refractivity contribution is 6.27. The molecule has 10 aromatic rings. The normalized spacial score (nSPS) is 12.3. The number of hydrogen-bond acceptors (Lipinski definition) is 5. The molecule has 4 heterocycles. The van der Waals surface area contributed by atoms with Gasteiger partial charge in [0.2, 0.25) is 10.9 Å². The molecule has 0 spiro atoms. The van der Waals surface area contributed by atoms with Crippen molar-refractivity contribution in [1.82, 2.24) is 4.57 Å². The quantitative estimate of drug-likeness (QED) is 0.184. The molecule has 6 heteroatoms. The van der Waals surface area contributed by atoms with Crippen LogP contribution >= 0.6 is 0 Å². The van der Waals surface area contributed by atoms with Gasteiger partial charge in [-0.3, -0.25) is 9.59 Å². The number of furan rings is 1. The summed E-state index contributed by atoms with van der Waals surface area (Å²) in [5.74, 6) is 0. The van der Waals surface area contributed by atoms with Gasteiger partial charge >= 0.3 is 0 Å². The lowest BCUT2D eigenvalue weighted by molar-refractivity contribution is 0.652. The van der Waals surface area contributed by atoms with E-state index >= 15 is 0 Å². The second-order valence-electron chi connectivity index (χ2n) is 11.2. The number of fused-ring (bicyclic) bond motifs is 11. The summed E-state index contributed by atoms with van der Waals surface area (Å²) >= 11 is 0. The standard InChI is InChI=1S/C38H19NO5/c40-37-23-9-3-6-12-30(23)43-33-19-26-34(18-25(33)37)44-31-15-13-20(17-24(31)38(26)41)39-27-10-4-1-7-21(27)35-28(39)14-16-32-36(35)22-8-2-5-11-29(22)42-32/h1-19H. The minimum Gasteiger partial charge on any atom is -0.456 e. The Bertz CT molecular complexity index is 2990. The van der Waals surface area contributed by atoms with Gasteiger partial charge < -0.3 is 17.8 Å². The number of aromatic nitrogens is 1. The van der Waals surface area contributed by atoms with E-state index in [0.29, 0.717) is 43.9 Å². The third-order valence-electron chi connectivity index (χ3n) is 8.79. The molecule has 0 saturated heterocycles. The predicted molar refractivity (Wildman–Crippen MR) is 175 cm³/mol. The molecular formula is C38H19NO5. The summed E-state index contributed by atoms with van der Waals surface area (Å²) in [5, 5.41) is 5.99. The Morgan fingerprint density at radius 1 is 0.386 bits per heavy atom. The van der Waals surface area contributed by atoms with Gasteiger partial charge in [-0.2, -0.15) is 0 Å². The number of benzene rings is 6. The molecule has 10 rings (SSSR count). The first-order chi connectivity index (χ1) is 21.6. The fourth-order valence-electron chi connectivity index (χ4n) is 6.83. The molecule has 0 unspecified atom stereocenters. The van der Waals surface area contributed by atoms with Crippen molar-refractivity contribution >= 4 is 87.6 Å². The zero-order chi connectivity index (χ0) is 29.1. The first-order valence-electron chi connectivity index (χ1n) is 14.3. The average Bonchev–Trinajstić information content (AvgIpc) is 3.60. The molecule has 0 fully saturated rings. The van der Waals surface area contributed by atoms with E-state index in [1.165, 1.54) is 0 Å². The fourth-order valence-corrected chi connectivity index (χ4v) is 6.83. The number of para-hydroxylation sites is 3. The van der Waals surface area contributed by atoms with Crippen molar-refractivity contribution in [2.45, 2.75) is 0 Å². The molecule has 0 N–H and O–H groups in total. The maximum atomic E-state index is 14.0. The van der Waals surface area contributed by atoms with E-state index < -0.39 is 0 Å². The third-order valence-corrected chi connectivity index (χ3v) is 8.79. The van der Waals surface area contributed by atoms with Gasteiger partial charge in [-0.1, -0.05) is 48.5 Å². The number of rotatable bonds is 1. The molecule has 0 aliphatic carbocycles. The Labute approximate surface area is 246 Å². The van der Waals surface area contributed by atoms with Crippen LogP contribution in [0, 0.1) is 0 Å². The summed E-state index contributed by atoms with van der Waals surface area (Å²) in [7, 11) is 0. The van der Waals surface area contributed by atoms with Crippen molar-refractivity contribution in [3.8, 4) is 5.69 Å². The molecule has 44 heavy (non-hydrogen) atoms. The van der Waals surface area contributed by atoms with Crippen molar-refractivity contribution in [2.75, 3.05) is 0 Å². The van der Waals surface area contributed by atoms with E-state index in [9.17, 15) is 9.59 Å². The molecule has 6 nitrogen and oxygen atoms in total. The molecule has 0 amide bonds. The predicted octanol–water partition coefficient (Wildman–Crippen LogP) is 9.20. The maximum Gasteiger partial charge on any atom is 0.200 e. The van der Waals surface area contributed by atoms with Crippen molar-refractivity contribution in [2.24, 2.45) is 0 Å². The van der Waals surface area contributed by atoms with Crippen LogP contribution in [0.3, 0.4) is 0 Å². The van der Waals surface area contributed by atoms with Crippen LogP contribution in [0.5, 0.6) is 0 Å². The fraction of sp³-hybridized carbons (Fsp3) is 0. The summed E-state index contributed by atoms with van der Waals surface area (Å²) in [4.78, 5) is 27.2. The van der Waals surface area contributed by atoms with E-state index in [4.69, 9.17) is 13.3 Å². The van der Waals surface area contributed by atoms with Crippen molar-refractivity contribution in [3.05, 3.63) is 136 Å². The number of nitrogens with zero attached hydrogens (tertiary/aromatic N) is 1. The van der Waals surface area contributed by atoms with Crippen LogP contribution in [-0.4, -0.2) is 4.57 Å². The van der Waals surface area contributed by atoms with Crippen LogP contribution in [0.15, 0.2) is 138 Å². The van der Waals surface area contributed by atoms with E-state index in [2.05, 4.69) is 28.8 Å².